The molecule has 1 N–H and O–H groups in total. The van der Waals surface area contributed by atoms with E-state index in [0.717, 1.165) is 60.9 Å². The third kappa shape index (κ3) is 12.3. The molecule has 0 saturated heterocycles. The number of halogens is 2. The van der Waals surface area contributed by atoms with Crippen molar-refractivity contribution < 1.29 is 43.0 Å². The molecule has 0 bridgehead atoms. The largest absolute Gasteiger partial charge is 1.00 e. The summed E-state index contributed by atoms with van der Waals surface area (Å²) in [7, 11) is 6.38. The molecule has 0 aliphatic rings. The lowest BCUT2D eigenvalue weighted by molar-refractivity contribution is -0.120. The van der Waals surface area contributed by atoms with Crippen molar-refractivity contribution in [2.24, 2.45) is 0 Å². The first-order valence-corrected chi connectivity index (χ1v) is 14.0. The molecule has 0 radical (unpaired) electrons. The minimum atomic E-state index is -0.449. The fraction of sp³-hybridized carbons (Fsp3) is 0.375. The van der Waals surface area contributed by atoms with E-state index in [1.807, 2.05) is 12.1 Å². The van der Waals surface area contributed by atoms with Crippen molar-refractivity contribution in [1.82, 2.24) is 9.80 Å². The van der Waals surface area contributed by atoms with E-state index < -0.39 is 5.97 Å². The minimum Gasteiger partial charge on any atom is -1.00 e. The van der Waals surface area contributed by atoms with Gasteiger partial charge < -0.3 is 38.8 Å². The highest BCUT2D eigenvalue weighted by molar-refractivity contribution is 6.30. The fourth-order valence-corrected chi connectivity index (χ4v) is 4.24. The molecule has 0 aliphatic carbocycles. The Bertz CT molecular complexity index is 1190. The van der Waals surface area contributed by atoms with Crippen LogP contribution in [0.15, 0.2) is 72.8 Å². The molecule has 0 atom stereocenters. The van der Waals surface area contributed by atoms with Crippen molar-refractivity contribution >= 4 is 29.2 Å². The number of rotatable bonds is 15. The second kappa shape index (κ2) is 17.3. The molecular weight excluding hydrogens is 639 g/mol. The molecule has 0 heterocycles. The Morgan fingerprint density at radius 1 is 0.800 bits per heavy atom. The number of esters is 1. The highest BCUT2D eigenvalue weighted by atomic mass is 127. The summed E-state index contributed by atoms with van der Waals surface area (Å²) in [6.45, 7) is 1.37. The van der Waals surface area contributed by atoms with Crippen molar-refractivity contribution in [3.63, 3.8) is 0 Å². The number of hydrogen-bond donors (Lipinski definition) is 1. The number of ether oxygens (including phenoxy) is 2. The lowest BCUT2D eigenvalue weighted by Crippen LogP contribution is -3.00. The van der Waals surface area contributed by atoms with Crippen LogP contribution in [0.3, 0.4) is 0 Å². The summed E-state index contributed by atoms with van der Waals surface area (Å²) in [5.41, 5.74) is 2.67. The van der Waals surface area contributed by atoms with Gasteiger partial charge in [-0.3, -0.25) is 9.28 Å². The molecule has 3 aromatic rings. The minimum absolute atomic E-state index is 0. The average Bonchev–Trinajstić information content (AvgIpc) is 2.90. The lowest BCUT2D eigenvalue weighted by atomic mass is 10.1. The maximum atomic E-state index is 12.2. The maximum absolute atomic E-state index is 12.2. The number of carbonyl (C=O) groups excluding carboxylic acids is 2. The zero-order valence-corrected chi connectivity index (χ0v) is 26.5. The highest BCUT2D eigenvalue weighted by Gasteiger charge is 2.12. The van der Waals surface area contributed by atoms with Gasteiger partial charge in [0, 0.05) is 11.6 Å². The molecular formula is C32H40ClIN2O4. The lowest BCUT2D eigenvalue weighted by Gasteiger charge is -2.23. The third-order valence-electron chi connectivity index (χ3n) is 6.33. The Hall–Kier alpha value is -2.62. The van der Waals surface area contributed by atoms with E-state index in [1.54, 1.807) is 48.5 Å². The van der Waals surface area contributed by atoms with Gasteiger partial charge >= 0.3 is 5.97 Å². The summed E-state index contributed by atoms with van der Waals surface area (Å²) in [6.07, 6.45) is 6.91. The van der Waals surface area contributed by atoms with Crippen LogP contribution in [0, 0.1) is 0 Å². The summed E-state index contributed by atoms with van der Waals surface area (Å²) in [4.78, 5) is 24.4. The molecule has 1 amide bonds. The van der Waals surface area contributed by atoms with Crippen LogP contribution in [0.2, 0.25) is 5.02 Å². The van der Waals surface area contributed by atoms with Crippen LogP contribution in [-0.4, -0.2) is 46.2 Å². The predicted octanol–water partition coefficient (Wildman–Crippen LogP) is 3.84. The van der Waals surface area contributed by atoms with Gasteiger partial charge in [-0.25, -0.2) is 4.79 Å². The van der Waals surface area contributed by atoms with Gasteiger partial charge in [-0.2, -0.15) is 0 Å². The van der Waals surface area contributed by atoms with Crippen molar-refractivity contribution in [3.8, 4) is 11.5 Å². The van der Waals surface area contributed by atoms with E-state index in [1.165, 1.54) is 5.69 Å². The van der Waals surface area contributed by atoms with Gasteiger partial charge in [0.05, 0.1) is 39.7 Å². The molecule has 0 aromatic heterocycles. The first kappa shape index (κ1) is 33.6. The van der Waals surface area contributed by atoms with Crippen LogP contribution in [-0.2, 0) is 11.2 Å². The zero-order chi connectivity index (χ0) is 28.1. The number of carbonyl (C=O) groups is 2. The molecule has 6 nitrogen and oxygen atoms in total. The smallest absolute Gasteiger partial charge is 0.343 e. The van der Waals surface area contributed by atoms with Crippen LogP contribution < -0.4 is 43.3 Å². The van der Waals surface area contributed by atoms with Crippen molar-refractivity contribution in [1.29, 1.82) is 0 Å². The molecule has 0 unspecified atom stereocenters. The summed E-state index contributed by atoms with van der Waals surface area (Å²) in [5, 5.41) is 3.53. The highest BCUT2D eigenvalue weighted by Crippen LogP contribution is 2.20. The molecule has 0 fully saturated rings. The SMILES string of the molecule is C[N+](C)(C)c1ccc(CC(=O)NCCCCCCCCOc2ccc(OC(=O)c3cccc(Cl)c3)cc2)cc1.[I-]. The van der Waals surface area contributed by atoms with Crippen LogP contribution in [0.5, 0.6) is 11.5 Å². The number of amides is 1. The Balaban J connectivity index is 0.00000560. The quantitative estimate of drug-likeness (QED) is 0.0873. The van der Waals surface area contributed by atoms with E-state index in [9.17, 15) is 9.59 Å². The second-order valence-electron chi connectivity index (χ2n) is 10.5. The molecule has 3 aromatic carbocycles. The number of unbranched alkanes of at least 4 members (excludes halogenated alkanes) is 5. The normalized spacial score (nSPS) is 10.9. The average molecular weight is 679 g/mol. The van der Waals surface area contributed by atoms with Gasteiger partial charge in [0.25, 0.3) is 0 Å². The Morgan fingerprint density at radius 3 is 2.08 bits per heavy atom. The molecule has 3 rings (SSSR count). The Labute approximate surface area is 260 Å². The third-order valence-corrected chi connectivity index (χ3v) is 6.57. The van der Waals surface area contributed by atoms with E-state index in [2.05, 4.69) is 38.6 Å². The predicted molar refractivity (Wildman–Crippen MR) is 159 cm³/mol. The van der Waals surface area contributed by atoms with E-state index in [-0.39, 0.29) is 29.9 Å². The van der Waals surface area contributed by atoms with E-state index in [4.69, 9.17) is 21.1 Å². The number of nitrogens with zero attached hydrogens (tertiary/aromatic N) is 1. The van der Waals surface area contributed by atoms with Gasteiger partial charge in [0.15, 0.2) is 0 Å². The number of hydrogen-bond acceptors (Lipinski definition) is 4. The van der Waals surface area contributed by atoms with Crippen LogP contribution in [0.1, 0.15) is 54.4 Å². The zero-order valence-electron chi connectivity index (χ0n) is 23.6. The number of quaternary nitrogens is 1. The van der Waals surface area contributed by atoms with Gasteiger partial charge in [0.2, 0.25) is 5.91 Å². The van der Waals surface area contributed by atoms with Crippen LogP contribution in [0.4, 0.5) is 5.69 Å². The maximum Gasteiger partial charge on any atom is 0.343 e. The van der Waals surface area contributed by atoms with Gasteiger partial charge in [-0.15, -0.1) is 0 Å². The standard InChI is InChI=1S/C32H39ClN2O4.HI/c1-35(2,3)28-15-13-25(14-16-28)23-31(36)34-21-8-6-4-5-7-9-22-38-29-17-19-30(20-18-29)39-32(37)26-11-10-12-27(33)24-26;/h10-20,24H,4-9,21-23H2,1-3H3;1H. The number of nitrogens with one attached hydrogen (secondary N) is 1. The topological polar surface area (TPSA) is 64.6 Å². The summed E-state index contributed by atoms with van der Waals surface area (Å²) in [6, 6.07) is 22.0. The Morgan fingerprint density at radius 2 is 1.43 bits per heavy atom. The molecule has 8 heteroatoms. The van der Waals surface area contributed by atoms with Crippen molar-refractivity contribution in [2.45, 2.75) is 44.9 Å². The summed E-state index contributed by atoms with van der Waals surface area (Å²) >= 11 is 5.93. The first-order valence-electron chi connectivity index (χ1n) is 13.6. The van der Waals surface area contributed by atoms with Gasteiger partial charge in [-0.05, 0) is 73.0 Å². The van der Waals surface area contributed by atoms with Gasteiger partial charge in [-0.1, -0.05) is 55.5 Å². The van der Waals surface area contributed by atoms with Crippen LogP contribution >= 0.6 is 11.6 Å². The molecule has 216 valence electrons. The molecule has 40 heavy (non-hydrogen) atoms. The molecule has 0 saturated carbocycles. The summed E-state index contributed by atoms with van der Waals surface area (Å²) in [5.74, 6) is 0.836. The second-order valence-corrected chi connectivity index (χ2v) is 11.0. The van der Waals surface area contributed by atoms with E-state index in [0.29, 0.717) is 29.4 Å². The Kier molecular flexibility index (Phi) is 14.5. The monoisotopic (exact) mass is 678 g/mol. The van der Waals surface area contributed by atoms with Gasteiger partial charge in [0.1, 0.15) is 17.2 Å². The van der Waals surface area contributed by atoms with Crippen LogP contribution in [0.25, 0.3) is 0 Å². The van der Waals surface area contributed by atoms with E-state index >= 15 is 0 Å². The molecule has 0 aliphatic heterocycles. The molecule has 0 spiro atoms. The van der Waals surface area contributed by atoms with Crippen molar-refractivity contribution in [2.75, 3.05) is 34.3 Å². The number of benzene rings is 3. The fourth-order valence-electron chi connectivity index (χ4n) is 4.05. The summed E-state index contributed by atoms with van der Waals surface area (Å²) < 4.78 is 12.0. The van der Waals surface area contributed by atoms with Crippen molar-refractivity contribution in [3.05, 3.63) is 88.9 Å². The first-order chi connectivity index (χ1) is 18.7.